The summed E-state index contributed by atoms with van der Waals surface area (Å²) in [5, 5.41) is 21.0. The molecule has 0 atom stereocenters. The lowest BCUT2D eigenvalue weighted by Gasteiger charge is -2.06. The number of rotatable bonds is 4. The van der Waals surface area contributed by atoms with Crippen molar-refractivity contribution in [1.29, 1.82) is 5.26 Å². The van der Waals surface area contributed by atoms with E-state index in [4.69, 9.17) is 11.8 Å². The van der Waals surface area contributed by atoms with Gasteiger partial charge in [-0.1, -0.05) is 0 Å². The zero-order valence-corrected chi connectivity index (χ0v) is 34.2. The van der Waals surface area contributed by atoms with Crippen molar-refractivity contribution in [3.05, 3.63) is 109 Å². The van der Waals surface area contributed by atoms with Gasteiger partial charge in [0.2, 0.25) is 0 Å². The number of aldehydes is 1. The summed E-state index contributed by atoms with van der Waals surface area (Å²) in [5.41, 5.74) is 0.123. The van der Waals surface area contributed by atoms with E-state index in [-0.39, 0.29) is 5.70 Å². The monoisotopic (exact) mass is 838 g/mol. The number of anilines is 2. The van der Waals surface area contributed by atoms with Crippen LogP contribution in [-0.2, 0) is 0 Å². The van der Waals surface area contributed by atoms with Crippen LogP contribution in [-0.4, -0.2) is 34.5 Å². The van der Waals surface area contributed by atoms with Crippen molar-refractivity contribution >= 4 is 167 Å². The van der Waals surface area contributed by atoms with Gasteiger partial charge in [-0.3, -0.25) is 4.79 Å². The van der Waals surface area contributed by atoms with E-state index in [0.29, 0.717) is 0 Å². The van der Waals surface area contributed by atoms with Crippen molar-refractivity contribution in [2.45, 2.75) is 0 Å². The maximum Gasteiger partial charge on any atom is 0.263 e. The van der Waals surface area contributed by atoms with Crippen molar-refractivity contribution in [3.8, 4) is 6.07 Å². The maximum absolute atomic E-state index is 10.8. The van der Waals surface area contributed by atoms with Gasteiger partial charge in [0, 0.05) is 61.3 Å². The summed E-state index contributed by atoms with van der Waals surface area (Å²) in [5.74, 6) is 0. The van der Waals surface area contributed by atoms with Crippen LogP contribution in [0.3, 0.4) is 0 Å². The first kappa shape index (κ1) is 35.3. The highest BCUT2D eigenvalue weighted by atomic mass is 79.9. The predicted octanol–water partition coefficient (Wildman–Crippen LogP) is 13.8. The number of hydrogen-bond acceptors (Lipinski definition) is 10. The third-order valence-electron chi connectivity index (χ3n) is 7.90. The molecule has 6 heterocycles. The Kier molecular flexibility index (Phi) is 10.3. The molecule has 0 unspecified atom stereocenters. The second-order valence-electron chi connectivity index (χ2n) is 11.9. The standard InChI is InChI=1S/C16H11N3S2.C13H11NOS2.C10H5BrS2/c1-18-12(9-17)8-13-4-10-5-15-11(6-14(10)20-13)7-16(21-15)19(2)3;1-14(2)13-6-9-5-11-8(4-12(9)17-13)3-10(7-15)16-11;11-10-5-7-4-8-6(1-2-12-8)3-9(7)13-10/h4-8H,2-3H3;3-7H,1-2H3;1-5H/b12-8-;;. The van der Waals surface area contributed by atoms with Crippen molar-refractivity contribution in [1.82, 2.24) is 0 Å². The highest BCUT2D eigenvalue weighted by Crippen LogP contribution is 2.39. The zero-order chi connectivity index (χ0) is 35.8. The number of nitrogens with zero attached hydrogens (tertiary/aromatic N) is 4. The molecule has 5 nitrogen and oxygen atoms in total. The lowest BCUT2D eigenvalue weighted by molar-refractivity contribution is 0.112. The first-order chi connectivity index (χ1) is 24.6. The van der Waals surface area contributed by atoms with Crippen molar-refractivity contribution in [2.75, 3.05) is 38.0 Å². The molecule has 0 aliphatic carbocycles. The topological polar surface area (TPSA) is 51.7 Å². The van der Waals surface area contributed by atoms with Crippen LogP contribution in [0.2, 0.25) is 0 Å². The van der Waals surface area contributed by atoms with E-state index in [1.54, 1.807) is 74.1 Å². The Labute approximate surface area is 327 Å². The number of fused-ring (bicyclic) bond motifs is 6. The van der Waals surface area contributed by atoms with Gasteiger partial charge in [0.1, 0.15) is 0 Å². The molecule has 252 valence electrons. The highest BCUT2D eigenvalue weighted by Gasteiger charge is 2.09. The van der Waals surface area contributed by atoms with Crippen LogP contribution in [0, 0.1) is 17.9 Å². The second-order valence-corrected chi connectivity index (χ2v) is 19.6. The molecule has 0 saturated heterocycles. The molecule has 0 spiro atoms. The van der Waals surface area contributed by atoms with Gasteiger partial charge in [0.25, 0.3) is 5.70 Å². The van der Waals surface area contributed by atoms with E-state index in [9.17, 15) is 4.79 Å². The third kappa shape index (κ3) is 7.59. The molecular weight excluding hydrogens is 813 g/mol. The fraction of sp³-hybridized carbons (Fsp3) is 0.103. The molecule has 0 bridgehead atoms. The normalized spacial score (nSPS) is 11.4. The molecule has 51 heavy (non-hydrogen) atoms. The van der Waals surface area contributed by atoms with E-state index < -0.39 is 0 Å². The minimum atomic E-state index is 0.123. The first-order valence-corrected chi connectivity index (χ1v) is 21.2. The molecule has 3 aromatic carbocycles. The Morgan fingerprint density at radius 1 is 0.667 bits per heavy atom. The van der Waals surface area contributed by atoms with Gasteiger partial charge in [0.05, 0.1) is 31.3 Å². The molecule has 0 amide bonds. The minimum Gasteiger partial charge on any atom is -0.370 e. The fourth-order valence-electron chi connectivity index (χ4n) is 5.41. The van der Waals surface area contributed by atoms with Crippen molar-refractivity contribution in [2.24, 2.45) is 0 Å². The Bertz CT molecular complexity index is 2680. The van der Waals surface area contributed by atoms with E-state index in [2.05, 4.69) is 111 Å². The number of allylic oxidation sites excluding steroid dienone is 1. The largest absolute Gasteiger partial charge is 0.370 e. The van der Waals surface area contributed by atoms with Crippen LogP contribution in [0.4, 0.5) is 10.0 Å². The molecule has 0 saturated carbocycles. The molecule has 0 aliphatic rings. The maximum atomic E-state index is 10.8. The molecule has 9 rings (SSSR count). The Morgan fingerprint density at radius 3 is 1.69 bits per heavy atom. The number of thiophene rings is 6. The van der Waals surface area contributed by atoms with Gasteiger partial charge >= 0.3 is 0 Å². The molecule has 9 aromatic rings. The molecule has 0 aliphatic heterocycles. The van der Waals surface area contributed by atoms with Gasteiger partial charge < -0.3 is 9.80 Å². The molecular formula is C39H27BrN4OS6. The average Bonchev–Trinajstić information content (AvgIpc) is 3.95. The summed E-state index contributed by atoms with van der Waals surface area (Å²) in [6.07, 6.45) is 2.57. The van der Waals surface area contributed by atoms with Crippen LogP contribution >= 0.6 is 84.0 Å². The first-order valence-electron chi connectivity index (χ1n) is 15.4. The quantitative estimate of drug-likeness (QED) is 0.101. The Balaban J connectivity index is 0.000000123. The van der Waals surface area contributed by atoms with Crippen molar-refractivity contribution in [3.63, 3.8) is 0 Å². The number of halogens is 1. The second kappa shape index (κ2) is 14.9. The van der Waals surface area contributed by atoms with E-state index in [1.165, 1.54) is 63.5 Å². The van der Waals surface area contributed by atoms with Crippen LogP contribution in [0.25, 0.3) is 71.4 Å². The summed E-state index contributed by atoms with van der Waals surface area (Å²) in [4.78, 5) is 19.9. The van der Waals surface area contributed by atoms with Gasteiger partial charge in [0.15, 0.2) is 6.29 Å². The number of hydrogen-bond donors (Lipinski definition) is 0. The lowest BCUT2D eigenvalue weighted by atomic mass is 10.2. The predicted molar refractivity (Wildman–Crippen MR) is 234 cm³/mol. The van der Waals surface area contributed by atoms with Gasteiger partial charge in [-0.05, 0) is 132 Å². The minimum absolute atomic E-state index is 0.123. The third-order valence-corrected chi connectivity index (χ3v) is 15.0. The van der Waals surface area contributed by atoms with Crippen LogP contribution in [0.15, 0.2) is 87.7 Å². The smallest absolute Gasteiger partial charge is 0.263 e. The fourth-order valence-corrected chi connectivity index (χ4v) is 11.8. The molecule has 0 N–H and O–H groups in total. The SMILES string of the molecule is Brc1cc2cc3sccc3cc2s1.CN(C)c1cc2cc3sc(C=O)cc3cc2s1.[C-]#[N+]/C(C#N)=C\c1cc2cc3sc(N(C)C)cc3cc2s1. The summed E-state index contributed by atoms with van der Waals surface area (Å²) in [6.45, 7) is 6.94. The van der Waals surface area contributed by atoms with E-state index in [1.807, 2.05) is 32.3 Å². The van der Waals surface area contributed by atoms with Crippen molar-refractivity contribution < 1.29 is 4.79 Å². The number of carbonyl (C=O) groups excluding carboxylic acids is 1. The summed E-state index contributed by atoms with van der Waals surface area (Å²) in [6, 6.07) is 27.9. The molecule has 6 aromatic heterocycles. The van der Waals surface area contributed by atoms with Gasteiger partial charge in [-0.15, -0.1) is 68.0 Å². The number of benzene rings is 3. The lowest BCUT2D eigenvalue weighted by Crippen LogP contribution is -2.05. The van der Waals surface area contributed by atoms with Gasteiger partial charge in [-0.2, -0.15) is 0 Å². The number of carbonyl (C=O) groups is 1. The zero-order valence-electron chi connectivity index (χ0n) is 27.7. The molecule has 0 radical (unpaired) electrons. The van der Waals surface area contributed by atoms with E-state index >= 15 is 0 Å². The average molecular weight is 840 g/mol. The summed E-state index contributed by atoms with van der Waals surface area (Å²) >= 11 is 13.8. The van der Waals surface area contributed by atoms with Crippen LogP contribution < -0.4 is 9.80 Å². The summed E-state index contributed by atoms with van der Waals surface area (Å²) in [7, 11) is 8.20. The Morgan fingerprint density at radius 2 is 1.14 bits per heavy atom. The molecule has 0 fully saturated rings. The van der Waals surface area contributed by atoms with Crippen LogP contribution in [0.1, 0.15) is 14.5 Å². The number of nitriles is 1. The summed E-state index contributed by atoms with van der Waals surface area (Å²) < 4.78 is 8.83. The van der Waals surface area contributed by atoms with Gasteiger partial charge in [-0.25, -0.2) is 10.1 Å². The molecule has 12 heteroatoms. The van der Waals surface area contributed by atoms with Crippen LogP contribution in [0.5, 0.6) is 0 Å². The Hall–Kier alpha value is -4.11. The highest BCUT2D eigenvalue weighted by molar-refractivity contribution is 9.11. The van der Waals surface area contributed by atoms with E-state index in [0.717, 1.165) is 26.8 Å².